The van der Waals surface area contributed by atoms with Gasteiger partial charge in [0.25, 0.3) is 0 Å². The van der Waals surface area contributed by atoms with Crippen molar-refractivity contribution in [2.24, 2.45) is 5.92 Å². The van der Waals surface area contributed by atoms with Gasteiger partial charge < -0.3 is 9.80 Å². The van der Waals surface area contributed by atoms with Crippen LogP contribution in [0.3, 0.4) is 0 Å². The Balaban J connectivity index is 1.14. The topological polar surface area (TPSA) is 39.7 Å². The number of carbonyl (C=O) groups excluding carboxylic acids is 1. The molecule has 2 fully saturated rings. The van der Waals surface area contributed by atoms with Gasteiger partial charge in [-0.2, -0.15) is 0 Å². The zero-order valence-corrected chi connectivity index (χ0v) is 19.9. The SMILES string of the molecule is Cc1cc(C)c2nc(N3CCC(C(=O)N4CCN(Cc5ccccc5)CC4)CC3)sc2c1. The molecule has 0 N–H and O–H groups in total. The van der Waals surface area contributed by atoms with E-state index in [4.69, 9.17) is 4.98 Å². The number of thiazole rings is 1. The number of aromatic nitrogens is 1. The lowest BCUT2D eigenvalue weighted by molar-refractivity contribution is -0.138. The summed E-state index contributed by atoms with van der Waals surface area (Å²) in [5.74, 6) is 0.519. The number of aryl methyl sites for hydroxylation is 2. The second kappa shape index (κ2) is 9.20. The predicted octanol–water partition coefficient (Wildman–Crippen LogP) is 4.47. The summed E-state index contributed by atoms with van der Waals surface area (Å²) in [6.45, 7) is 10.7. The van der Waals surface area contributed by atoms with Crippen molar-refractivity contribution < 1.29 is 4.79 Å². The molecule has 3 aromatic rings. The highest BCUT2D eigenvalue weighted by Gasteiger charge is 2.31. The van der Waals surface area contributed by atoms with E-state index in [9.17, 15) is 4.79 Å². The number of amides is 1. The van der Waals surface area contributed by atoms with E-state index in [-0.39, 0.29) is 5.92 Å². The Labute approximate surface area is 194 Å². The number of hydrogen-bond acceptors (Lipinski definition) is 5. The molecule has 5 nitrogen and oxygen atoms in total. The van der Waals surface area contributed by atoms with E-state index in [1.165, 1.54) is 21.4 Å². The molecule has 1 aromatic heterocycles. The lowest BCUT2D eigenvalue weighted by Gasteiger charge is -2.38. The van der Waals surface area contributed by atoms with Gasteiger partial charge in [0, 0.05) is 51.7 Å². The van der Waals surface area contributed by atoms with Gasteiger partial charge in [0.15, 0.2) is 5.13 Å². The molecule has 5 rings (SSSR count). The molecule has 0 saturated carbocycles. The number of fused-ring (bicyclic) bond motifs is 1. The fourth-order valence-corrected chi connectivity index (χ4v) is 6.23. The Bertz CT molecular complexity index is 1080. The summed E-state index contributed by atoms with van der Waals surface area (Å²) in [5.41, 5.74) is 5.01. The van der Waals surface area contributed by atoms with Gasteiger partial charge in [-0.3, -0.25) is 9.69 Å². The summed E-state index contributed by atoms with van der Waals surface area (Å²) in [5, 5.41) is 1.11. The quantitative estimate of drug-likeness (QED) is 0.590. The molecule has 2 aliphatic heterocycles. The van der Waals surface area contributed by atoms with E-state index in [0.717, 1.165) is 69.3 Å². The van der Waals surface area contributed by atoms with Gasteiger partial charge >= 0.3 is 0 Å². The second-order valence-electron chi connectivity index (χ2n) is 9.27. The van der Waals surface area contributed by atoms with Gasteiger partial charge in [-0.25, -0.2) is 4.98 Å². The van der Waals surface area contributed by atoms with Gasteiger partial charge in [-0.05, 0) is 49.4 Å². The molecule has 0 atom stereocenters. The highest BCUT2D eigenvalue weighted by Crippen LogP contribution is 2.34. The normalized spacial score (nSPS) is 18.4. The predicted molar refractivity (Wildman–Crippen MR) is 132 cm³/mol. The van der Waals surface area contributed by atoms with Crippen molar-refractivity contribution in [1.29, 1.82) is 0 Å². The van der Waals surface area contributed by atoms with Crippen LogP contribution in [0, 0.1) is 19.8 Å². The number of hydrogen-bond donors (Lipinski definition) is 0. The number of rotatable bonds is 4. The second-order valence-corrected chi connectivity index (χ2v) is 10.3. The summed E-state index contributed by atoms with van der Waals surface area (Å²) in [6.07, 6.45) is 1.86. The van der Waals surface area contributed by atoms with E-state index >= 15 is 0 Å². The van der Waals surface area contributed by atoms with Crippen LogP contribution in [0.15, 0.2) is 42.5 Å². The third kappa shape index (κ3) is 4.52. The molecular weight excluding hydrogens is 416 g/mol. The fraction of sp³-hybridized carbons (Fsp3) is 0.462. The zero-order chi connectivity index (χ0) is 22.1. The molecule has 0 bridgehead atoms. The van der Waals surface area contributed by atoms with Gasteiger partial charge in [-0.15, -0.1) is 0 Å². The van der Waals surface area contributed by atoms with E-state index in [1.54, 1.807) is 11.3 Å². The molecule has 2 aliphatic rings. The molecule has 6 heteroatoms. The number of nitrogens with zero attached hydrogens (tertiary/aromatic N) is 4. The van der Waals surface area contributed by atoms with Crippen LogP contribution in [-0.2, 0) is 11.3 Å². The molecule has 2 saturated heterocycles. The first-order chi connectivity index (χ1) is 15.6. The average Bonchev–Trinajstić information content (AvgIpc) is 3.24. The summed E-state index contributed by atoms with van der Waals surface area (Å²) in [6, 6.07) is 15.0. The van der Waals surface area contributed by atoms with Crippen molar-refractivity contribution >= 4 is 32.6 Å². The minimum atomic E-state index is 0.158. The lowest BCUT2D eigenvalue weighted by Crippen LogP contribution is -2.51. The molecule has 168 valence electrons. The van der Waals surface area contributed by atoms with Crippen molar-refractivity contribution in [2.75, 3.05) is 44.2 Å². The average molecular weight is 449 g/mol. The Kier molecular flexibility index (Phi) is 6.15. The molecule has 0 unspecified atom stereocenters. The number of piperazine rings is 1. The summed E-state index contributed by atoms with van der Waals surface area (Å²) in [7, 11) is 0. The van der Waals surface area contributed by atoms with Crippen molar-refractivity contribution in [3.8, 4) is 0 Å². The highest BCUT2D eigenvalue weighted by molar-refractivity contribution is 7.22. The number of carbonyl (C=O) groups is 1. The largest absolute Gasteiger partial charge is 0.348 e. The lowest BCUT2D eigenvalue weighted by atomic mass is 9.95. The molecule has 0 spiro atoms. The first-order valence-electron chi connectivity index (χ1n) is 11.7. The van der Waals surface area contributed by atoms with Gasteiger partial charge in [0.1, 0.15) is 0 Å². The van der Waals surface area contributed by atoms with E-state index in [2.05, 4.69) is 71.0 Å². The van der Waals surface area contributed by atoms with E-state index < -0.39 is 0 Å². The van der Waals surface area contributed by atoms with Crippen LogP contribution >= 0.6 is 11.3 Å². The fourth-order valence-electron chi connectivity index (χ4n) is 5.04. The van der Waals surface area contributed by atoms with Gasteiger partial charge in [0.2, 0.25) is 5.91 Å². The standard InChI is InChI=1S/C26H32N4OS/c1-19-16-20(2)24-23(17-19)32-26(27-24)30-10-8-22(9-11-30)25(31)29-14-12-28(13-15-29)18-21-6-4-3-5-7-21/h3-7,16-17,22H,8-15,18H2,1-2H3. The van der Waals surface area contributed by atoms with E-state index in [0.29, 0.717) is 5.91 Å². The first-order valence-corrected chi connectivity index (χ1v) is 12.6. The van der Waals surface area contributed by atoms with Crippen molar-refractivity contribution in [3.05, 3.63) is 59.2 Å². The maximum Gasteiger partial charge on any atom is 0.225 e. The summed E-state index contributed by atoms with van der Waals surface area (Å²) in [4.78, 5) is 25.0. The van der Waals surface area contributed by atoms with Crippen LogP contribution in [-0.4, -0.2) is 60.0 Å². The van der Waals surface area contributed by atoms with Crippen LogP contribution in [0.4, 0.5) is 5.13 Å². The van der Waals surface area contributed by atoms with Crippen LogP contribution in [0.25, 0.3) is 10.2 Å². The smallest absolute Gasteiger partial charge is 0.225 e. The number of benzene rings is 2. The van der Waals surface area contributed by atoms with Crippen molar-refractivity contribution in [2.45, 2.75) is 33.2 Å². The molecule has 1 amide bonds. The molecule has 32 heavy (non-hydrogen) atoms. The van der Waals surface area contributed by atoms with Crippen molar-refractivity contribution in [1.82, 2.24) is 14.8 Å². The first kappa shape index (κ1) is 21.4. The maximum atomic E-state index is 13.2. The summed E-state index contributed by atoms with van der Waals surface area (Å²) < 4.78 is 1.27. The van der Waals surface area contributed by atoms with E-state index in [1.807, 2.05) is 0 Å². The van der Waals surface area contributed by atoms with Gasteiger partial charge in [-0.1, -0.05) is 47.7 Å². The van der Waals surface area contributed by atoms with Crippen molar-refractivity contribution in [3.63, 3.8) is 0 Å². The molecular formula is C26H32N4OS. The molecule has 2 aromatic carbocycles. The van der Waals surface area contributed by atoms with Crippen LogP contribution in [0.1, 0.15) is 29.5 Å². The minimum absolute atomic E-state index is 0.158. The third-order valence-corrected chi connectivity index (χ3v) is 7.93. The maximum absolute atomic E-state index is 13.2. The molecule has 0 radical (unpaired) electrons. The molecule has 0 aliphatic carbocycles. The van der Waals surface area contributed by atoms with Crippen LogP contribution in [0.2, 0.25) is 0 Å². The van der Waals surface area contributed by atoms with Gasteiger partial charge in [0.05, 0.1) is 10.2 Å². The monoisotopic (exact) mass is 448 g/mol. The summed E-state index contributed by atoms with van der Waals surface area (Å²) >= 11 is 1.78. The van der Waals surface area contributed by atoms with Crippen LogP contribution < -0.4 is 4.90 Å². The number of anilines is 1. The van der Waals surface area contributed by atoms with Crippen LogP contribution in [0.5, 0.6) is 0 Å². The highest BCUT2D eigenvalue weighted by atomic mass is 32.1. The Morgan fingerprint density at radius 1 is 1.00 bits per heavy atom. The Morgan fingerprint density at radius 2 is 1.72 bits per heavy atom. The Hall–Kier alpha value is -2.44. The Morgan fingerprint density at radius 3 is 2.44 bits per heavy atom. The number of piperidine rings is 1. The zero-order valence-electron chi connectivity index (χ0n) is 19.1. The minimum Gasteiger partial charge on any atom is -0.348 e. The third-order valence-electron chi connectivity index (χ3n) is 6.87. The molecule has 3 heterocycles.